The number of hydrogen-bond acceptors (Lipinski definition) is 5. The standard InChI is InChI=1S/C18H22N4O3/c1-25-18-7-6-13(23)10-16(18)22(9-8-18)17(24)14-4-2-3-5-15(14)21-11-19-20-12-21/h2-5,11-13,16,23H,6-10H2,1H3/t13-,16+,18-/m1/s1. The Bertz CT molecular complexity index is 763. The van der Waals surface area contributed by atoms with Gasteiger partial charge in [-0.2, -0.15) is 0 Å². The van der Waals surface area contributed by atoms with Crippen LogP contribution in [0.15, 0.2) is 36.9 Å². The van der Waals surface area contributed by atoms with E-state index in [1.54, 1.807) is 24.3 Å². The maximum atomic E-state index is 13.3. The molecule has 4 rings (SSSR count). The SMILES string of the molecule is CO[C@@]12CC[C@@H](O)C[C@@H]1N(C(=O)c1ccccc1-n1cnnc1)CC2. The third kappa shape index (κ3) is 2.63. The van der Waals surface area contributed by atoms with E-state index in [1.165, 1.54) is 0 Å². The predicted molar refractivity (Wildman–Crippen MR) is 90.4 cm³/mol. The van der Waals surface area contributed by atoms with Crippen LogP contribution in [0.4, 0.5) is 0 Å². The molecule has 2 fully saturated rings. The fraction of sp³-hybridized carbons (Fsp3) is 0.500. The molecule has 25 heavy (non-hydrogen) atoms. The topological polar surface area (TPSA) is 80.5 Å². The van der Waals surface area contributed by atoms with Gasteiger partial charge in [0.2, 0.25) is 0 Å². The molecular weight excluding hydrogens is 320 g/mol. The van der Waals surface area contributed by atoms with Crippen LogP contribution in [0.1, 0.15) is 36.0 Å². The first-order valence-corrected chi connectivity index (χ1v) is 8.63. The largest absolute Gasteiger partial charge is 0.393 e. The van der Waals surface area contributed by atoms with Crippen LogP contribution in [0.25, 0.3) is 5.69 Å². The second kappa shape index (κ2) is 6.24. The van der Waals surface area contributed by atoms with E-state index in [0.29, 0.717) is 18.5 Å². The van der Waals surface area contributed by atoms with Crippen molar-refractivity contribution >= 4 is 5.91 Å². The molecule has 1 aliphatic heterocycles. The molecule has 7 heteroatoms. The molecule has 2 heterocycles. The van der Waals surface area contributed by atoms with Gasteiger partial charge >= 0.3 is 0 Å². The van der Waals surface area contributed by atoms with E-state index in [0.717, 1.165) is 24.9 Å². The molecule has 1 aromatic carbocycles. The summed E-state index contributed by atoms with van der Waals surface area (Å²) in [5, 5.41) is 17.8. The Balaban J connectivity index is 1.68. The smallest absolute Gasteiger partial charge is 0.256 e. The molecule has 0 radical (unpaired) electrons. The van der Waals surface area contributed by atoms with Crippen LogP contribution in [-0.4, -0.2) is 62.1 Å². The lowest BCUT2D eigenvalue weighted by Crippen LogP contribution is -2.52. The molecule has 1 aromatic heterocycles. The van der Waals surface area contributed by atoms with Crippen LogP contribution in [0.2, 0.25) is 0 Å². The number of fused-ring (bicyclic) bond motifs is 1. The minimum Gasteiger partial charge on any atom is -0.393 e. The summed E-state index contributed by atoms with van der Waals surface area (Å²) in [6.07, 6.45) is 5.67. The first-order valence-electron chi connectivity index (χ1n) is 8.63. The fourth-order valence-electron chi connectivity index (χ4n) is 4.28. The summed E-state index contributed by atoms with van der Waals surface area (Å²) in [5.74, 6) is -0.0395. The molecule has 1 aliphatic carbocycles. The van der Waals surface area contributed by atoms with Crippen LogP contribution >= 0.6 is 0 Å². The van der Waals surface area contributed by atoms with Gasteiger partial charge in [0, 0.05) is 13.7 Å². The summed E-state index contributed by atoms with van der Waals surface area (Å²) in [5.41, 5.74) is 1.03. The maximum Gasteiger partial charge on any atom is 0.256 e. The van der Waals surface area contributed by atoms with E-state index < -0.39 is 0 Å². The van der Waals surface area contributed by atoms with E-state index >= 15 is 0 Å². The van der Waals surface area contributed by atoms with Crippen molar-refractivity contribution in [2.45, 2.75) is 43.4 Å². The van der Waals surface area contributed by atoms with Crippen LogP contribution in [-0.2, 0) is 4.74 Å². The van der Waals surface area contributed by atoms with E-state index in [2.05, 4.69) is 10.2 Å². The fourth-order valence-corrected chi connectivity index (χ4v) is 4.28. The number of carbonyl (C=O) groups excluding carboxylic acids is 1. The highest BCUT2D eigenvalue weighted by molar-refractivity contribution is 5.98. The molecule has 1 saturated heterocycles. The van der Waals surface area contributed by atoms with Crippen LogP contribution in [0, 0.1) is 0 Å². The van der Waals surface area contributed by atoms with Crippen molar-refractivity contribution in [3.63, 3.8) is 0 Å². The van der Waals surface area contributed by atoms with E-state index in [9.17, 15) is 9.90 Å². The average molecular weight is 342 g/mol. The van der Waals surface area contributed by atoms with Gasteiger partial charge in [0.15, 0.2) is 0 Å². The number of para-hydroxylation sites is 1. The number of rotatable bonds is 3. The van der Waals surface area contributed by atoms with Crippen molar-refractivity contribution in [2.75, 3.05) is 13.7 Å². The molecule has 3 atom stereocenters. The molecule has 0 unspecified atom stereocenters. The van der Waals surface area contributed by atoms with E-state index in [-0.39, 0.29) is 23.7 Å². The molecule has 7 nitrogen and oxygen atoms in total. The van der Waals surface area contributed by atoms with E-state index in [1.807, 2.05) is 29.2 Å². The monoisotopic (exact) mass is 342 g/mol. The van der Waals surface area contributed by atoms with E-state index in [4.69, 9.17) is 4.74 Å². The molecule has 1 N–H and O–H groups in total. The first kappa shape index (κ1) is 16.2. The van der Waals surface area contributed by atoms with Crippen LogP contribution < -0.4 is 0 Å². The third-order valence-electron chi connectivity index (χ3n) is 5.65. The summed E-state index contributed by atoms with van der Waals surface area (Å²) in [6, 6.07) is 7.36. The second-order valence-corrected chi connectivity index (χ2v) is 6.85. The van der Waals surface area contributed by atoms with Gasteiger partial charge < -0.3 is 14.7 Å². The molecule has 132 valence electrons. The lowest BCUT2D eigenvalue weighted by molar-refractivity contribution is -0.0824. The zero-order valence-electron chi connectivity index (χ0n) is 14.2. The van der Waals surface area contributed by atoms with Gasteiger partial charge in [0.05, 0.1) is 29.0 Å². The number of amides is 1. The zero-order valence-corrected chi connectivity index (χ0v) is 14.2. The Labute approximate surface area is 146 Å². The van der Waals surface area contributed by atoms with Gasteiger partial charge in [-0.15, -0.1) is 10.2 Å². The molecule has 2 aromatic rings. The van der Waals surface area contributed by atoms with Crippen LogP contribution in [0.5, 0.6) is 0 Å². The number of aliphatic hydroxyl groups excluding tert-OH is 1. The third-order valence-corrected chi connectivity index (χ3v) is 5.65. The van der Waals surface area contributed by atoms with Crippen LogP contribution in [0.3, 0.4) is 0 Å². The first-order chi connectivity index (χ1) is 12.1. The number of hydrogen-bond donors (Lipinski definition) is 1. The number of methoxy groups -OCH3 is 1. The summed E-state index contributed by atoms with van der Waals surface area (Å²) < 4.78 is 7.58. The van der Waals surface area contributed by atoms with Crippen molar-refractivity contribution in [2.24, 2.45) is 0 Å². The predicted octanol–water partition coefficient (Wildman–Crippen LogP) is 1.41. The summed E-state index contributed by atoms with van der Waals surface area (Å²) in [7, 11) is 1.71. The molecule has 2 aliphatic rings. The summed E-state index contributed by atoms with van der Waals surface area (Å²) in [4.78, 5) is 15.2. The number of benzene rings is 1. The van der Waals surface area contributed by atoms with Gasteiger partial charge in [-0.3, -0.25) is 9.36 Å². The minimum atomic E-state index is -0.380. The Morgan fingerprint density at radius 3 is 2.80 bits per heavy atom. The number of nitrogens with zero attached hydrogens (tertiary/aromatic N) is 4. The van der Waals surface area contributed by atoms with Gasteiger partial charge in [-0.1, -0.05) is 12.1 Å². The molecule has 1 saturated carbocycles. The highest BCUT2D eigenvalue weighted by Gasteiger charge is 2.52. The summed E-state index contributed by atoms with van der Waals surface area (Å²) in [6.45, 7) is 0.639. The normalized spacial score (nSPS) is 28.8. The molecule has 0 bridgehead atoms. The quantitative estimate of drug-likeness (QED) is 0.912. The number of likely N-dealkylation sites (tertiary alicyclic amines) is 1. The Morgan fingerprint density at radius 2 is 2.04 bits per heavy atom. The Morgan fingerprint density at radius 1 is 1.28 bits per heavy atom. The van der Waals surface area contributed by atoms with Gasteiger partial charge in [-0.25, -0.2) is 0 Å². The molecular formula is C18H22N4O3. The van der Waals surface area contributed by atoms with Crippen molar-refractivity contribution in [1.82, 2.24) is 19.7 Å². The van der Waals surface area contributed by atoms with Crippen molar-refractivity contribution < 1.29 is 14.6 Å². The van der Waals surface area contributed by atoms with Crippen molar-refractivity contribution in [3.05, 3.63) is 42.5 Å². The highest BCUT2D eigenvalue weighted by atomic mass is 16.5. The second-order valence-electron chi connectivity index (χ2n) is 6.85. The van der Waals surface area contributed by atoms with Crippen molar-refractivity contribution in [3.8, 4) is 5.69 Å². The number of ether oxygens (including phenoxy) is 1. The van der Waals surface area contributed by atoms with Gasteiger partial charge in [0.25, 0.3) is 5.91 Å². The molecule has 0 spiro atoms. The number of carbonyl (C=O) groups is 1. The lowest BCUT2D eigenvalue weighted by atomic mass is 9.79. The van der Waals surface area contributed by atoms with Gasteiger partial charge in [-0.05, 0) is 37.8 Å². The Hall–Kier alpha value is -2.25. The summed E-state index contributed by atoms with van der Waals surface area (Å²) >= 11 is 0. The zero-order chi connectivity index (χ0) is 17.4. The maximum absolute atomic E-state index is 13.3. The van der Waals surface area contributed by atoms with Crippen molar-refractivity contribution in [1.29, 1.82) is 0 Å². The Kier molecular flexibility index (Phi) is 4.05. The van der Waals surface area contributed by atoms with Gasteiger partial charge in [0.1, 0.15) is 12.7 Å². The molecule has 1 amide bonds. The number of aliphatic hydroxyl groups is 1. The average Bonchev–Trinajstić information content (AvgIpc) is 3.29. The lowest BCUT2D eigenvalue weighted by Gasteiger charge is -2.42. The highest BCUT2D eigenvalue weighted by Crippen LogP contribution is 2.43. The number of aromatic nitrogens is 3. The minimum absolute atomic E-state index is 0.0395.